The minimum absolute atomic E-state index is 0.630. The fourth-order valence-electron chi connectivity index (χ4n) is 3.39. The van der Waals surface area contributed by atoms with Gasteiger partial charge in [-0.25, -0.2) is 4.39 Å². The Hall–Kier alpha value is -3.00. The Bertz CT molecular complexity index is 940. The van der Waals surface area contributed by atoms with Crippen LogP contribution in [0, 0.1) is 0 Å². The predicted molar refractivity (Wildman–Crippen MR) is 122 cm³/mol. The van der Waals surface area contributed by atoms with Gasteiger partial charge < -0.3 is 0 Å². The highest BCUT2D eigenvalue weighted by Crippen LogP contribution is 2.29. The average Bonchev–Trinajstić information content (AvgIpc) is 2.74. The maximum atomic E-state index is 12.8. The summed E-state index contributed by atoms with van der Waals surface area (Å²) in [5.41, 5.74) is 6.90. The van der Waals surface area contributed by atoms with Crippen LogP contribution in [0.15, 0.2) is 85.6 Å². The van der Waals surface area contributed by atoms with Gasteiger partial charge in [-0.1, -0.05) is 66.8 Å². The number of nitrogens with zero attached hydrogens (tertiary/aromatic N) is 1. The van der Waals surface area contributed by atoms with E-state index >= 15 is 0 Å². The molecule has 0 saturated heterocycles. The third kappa shape index (κ3) is 5.99. The topological polar surface area (TPSA) is 12.9 Å². The molecular weight excluding hydrogens is 357 g/mol. The molecule has 0 bridgehead atoms. The number of aromatic nitrogens is 1. The smallest absolute Gasteiger partial charge is 0.0973 e. The van der Waals surface area contributed by atoms with Crippen LogP contribution in [0.2, 0.25) is 0 Å². The Labute approximate surface area is 173 Å². The molecule has 1 aromatic heterocycles. The summed E-state index contributed by atoms with van der Waals surface area (Å²) in [5, 5.41) is 0. The number of allylic oxidation sites excluding steroid dienone is 2. The minimum atomic E-state index is -0.710. The summed E-state index contributed by atoms with van der Waals surface area (Å²) in [6.45, 7) is 5.52. The number of hydrogen-bond acceptors (Lipinski definition) is 1. The quantitative estimate of drug-likeness (QED) is 0.272. The van der Waals surface area contributed by atoms with E-state index in [1.54, 1.807) is 6.92 Å². The van der Waals surface area contributed by atoms with E-state index in [0.29, 0.717) is 6.42 Å². The normalized spacial score (nSPS) is 12.2. The molecule has 29 heavy (non-hydrogen) atoms. The number of hydrogen-bond donors (Lipinski definition) is 0. The molecule has 0 aliphatic carbocycles. The van der Waals surface area contributed by atoms with Crippen LogP contribution in [0.4, 0.5) is 4.39 Å². The molecule has 3 aromatic rings. The molecule has 3 rings (SSSR count). The fourth-order valence-corrected chi connectivity index (χ4v) is 3.39. The van der Waals surface area contributed by atoms with Crippen molar-refractivity contribution < 1.29 is 4.39 Å². The van der Waals surface area contributed by atoms with Crippen molar-refractivity contribution >= 4 is 6.08 Å². The first kappa shape index (κ1) is 20.7. The zero-order valence-electron chi connectivity index (χ0n) is 17.0. The Balaban J connectivity index is 1.75. The van der Waals surface area contributed by atoms with Crippen LogP contribution >= 0.6 is 0 Å². The molecule has 0 spiro atoms. The highest BCUT2D eigenvalue weighted by molar-refractivity contribution is 5.73. The van der Waals surface area contributed by atoms with Crippen LogP contribution < -0.4 is 0 Å². The van der Waals surface area contributed by atoms with Crippen LogP contribution in [-0.2, 0) is 6.42 Å². The van der Waals surface area contributed by atoms with Gasteiger partial charge in [-0.05, 0) is 67.0 Å². The molecule has 0 fully saturated rings. The number of rotatable bonds is 9. The summed E-state index contributed by atoms with van der Waals surface area (Å²) in [4.78, 5) is 4.49. The fraction of sp³-hybridized carbons (Fsp3) is 0.222. The van der Waals surface area contributed by atoms with Crippen LogP contribution in [0.5, 0.6) is 0 Å². The van der Waals surface area contributed by atoms with Gasteiger partial charge in [-0.3, -0.25) is 4.98 Å². The van der Waals surface area contributed by atoms with E-state index in [0.717, 1.165) is 30.5 Å². The van der Waals surface area contributed by atoms with Gasteiger partial charge in [0, 0.05) is 11.8 Å². The standard InChI is InChI=1S/C27H28FN/c1-3-9-25-20-24(17-18-26(25)27-12-7-8-19-29-27)23-15-13-22(14-16-23)11-6-4-5-10-21(2)28/h3,6-8,11-21H,1,4-5,9-10H2,2H3. The van der Waals surface area contributed by atoms with E-state index in [-0.39, 0.29) is 0 Å². The molecule has 1 heterocycles. The molecule has 0 aliphatic rings. The lowest BCUT2D eigenvalue weighted by atomic mass is 9.95. The predicted octanol–water partition coefficient (Wildman–Crippen LogP) is 7.69. The number of unbranched alkanes of at least 4 members (excludes halogenated alkanes) is 1. The van der Waals surface area contributed by atoms with Gasteiger partial charge in [-0.2, -0.15) is 0 Å². The Morgan fingerprint density at radius 3 is 2.52 bits per heavy atom. The van der Waals surface area contributed by atoms with Crippen LogP contribution in [-0.4, -0.2) is 11.2 Å². The maximum Gasteiger partial charge on any atom is 0.0973 e. The van der Waals surface area contributed by atoms with Gasteiger partial charge >= 0.3 is 0 Å². The molecule has 1 unspecified atom stereocenters. The first-order chi connectivity index (χ1) is 14.2. The molecule has 148 valence electrons. The third-order valence-corrected chi connectivity index (χ3v) is 4.94. The minimum Gasteiger partial charge on any atom is -0.256 e. The molecule has 0 saturated carbocycles. The van der Waals surface area contributed by atoms with Crippen molar-refractivity contribution in [3.8, 4) is 22.4 Å². The van der Waals surface area contributed by atoms with Crippen LogP contribution in [0.1, 0.15) is 37.3 Å². The first-order valence-electron chi connectivity index (χ1n) is 10.2. The Morgan fingerprint density at radius 2 is 1.83 bits per heavy atom. The molecule has 2 aromatic carbocycles. The molecule has 1 atom stereocenters. The number of benzene rings is 2. The second kappa shape index (κ2) is 10.5. The molecular formula is C27H28FN. The SMILES string of the molecule is C=CCc1cc(-c2ccc(C=CCCCC(C)F)cc2)ccc1-c1ccccn1. The maximum absolute atomic E-state index is 12.8. The second-order valence-electron chi connectivity index (χ2n) is 7.32. The average molecular weight is 386 g/mol. The van der Waals surface area contributed by atoms with E-state index in [2.05, 4.69) is 66.2 Å². The van der Waals surface area contributed by atoms with E-state index in [4.69, 9.17) is 0 Å². The zero-order chi connectivity index (χ0) is 20.5. The van der Waals surface area contributed by atoms with E-state index in [1.165, 1.54) is 22.3 Å². The van der Waals surface area contributed by atoms with E-state index in [1.807, 2.05) is 30.5 Å². The summed E-state index contributed by atoms with van der Waals surface area (Å²) >= 11 is 0. The molecule has 0 aliphatic heterocycles. The first-order valence-corrected chi connectivity index (χ1v) is 10.2. The van der Waals surface area contributed by atoms with Crippen LogP contribution in [0.3, 0.4) is 0 Å². The number of pyridine rings is 1. The molecule has 2 heteroatoms. The Kier molecular flexibility index (Phi) is 7.52. The Morgan fingerprint density at radius 1 is 1.03 bits per heavy atom. The monoisotopic (exact) mass is 385 g/mol. The third-order valence-electron chi connectivity index (χ3n) is 4.94. The highest BCUT2D eigenvalue weighted by Gasteiger charge is 2.08. The van der Waals surface area contributed by atoms with Crippen molar-refractivity contribution in [3.63, 3.8) is 0 Å². The molecule has 1 nitrogen and oxygen atoms in total. The van der Waals surface area contributed by atoms with Crippen molar-refractivity contribution in [2.75, 3.05) is 0 Å². The summed E-state index contributed by atoms with van der Waals surface area (Å²) in [7, 11) is 0. The zero-order valence-corrected chi connectivity index (χ0v) is 17.0. The molecule has 0 amide bonds. The van der Waals surface area contributed by atoms with Crippen LogP contribution in [0.25, 0.3) is 28.5 Å². The van der Waals surface area contributed by atoms with Gasteiger partial charge in [0.05, 0.1) is 11.9 Å². The van der Waals surface area contributed by atoms with Crippen molar-refractivity contribution in [1.29, 1.82) is 0 Å². The summed E-state index contributed by atoms with van der Waals surface area (Å²) in [6, 6.07) is 21.1. The van der Waals surface area contributed by atoms with Gasteiger partial charge in [0.2, 0.25) is 0 Å². The largest absolute Gasteiger partial charge is 0.256 e. The van der Waals surface area contributed by atoms with Gasteiger partial charge in [0.25, 0.3) is 0 Å². The van der Waals surface area contributed by atoms with Gasteiger partial charge in [-0.15, -0.1) is 6.58 Å². The summed E-state index contributed by atoms with van der Waals surface area (Å²) < 4.78 is 12.8. The summed E-state index contributed by atoms with van der Waals surface area (Å²) in [5.74, 6) is 0. The number of alkyl halides is 1. The van der Waals surface area contributed by atoms with E-state index < -0.39 is 6.17 Å². The summed E-state index contributed by atoms with van der Waals surface area (Å²) in [6.07, 6.45) is 10.5. The number of halogens is 1. The van der Waals surface area contributed by atoms with Gasteiger partial charge in [0.1, 0.15) is 0 Å². The van der Waals surface area contributed by atoms with Crippen molar-refractivity contribution in [2.24, 2.45) is 0 Å². The van der Waals surface area contributed by atoms with Crippen molar-refractivity contribution in [3.05, 3.63) is 96.7 Å². The lowest BCUT2D eigenvalue weighted by molar-refractivity contribution is 0.335. The lowest BCUT2D eigenvalue weighted by Gasteiger charge is -2.11. The molecule has 0 N–H and O–H groups in total. The lowest BCUT2D eigenvalue weighted by Crippen LogP contribution is -1.92. The van der Waals surface area contributed by atoms with E-state index in [9.17, 15) is 4.39 Å². The molecule has 0 radical (unpaired) electrons. The van der Waals surface area contributed by atoms with Gasteiger partial charge in [0.15, 0.2) is 0 Å². The van der Waals surface area contributed by atoms with Crippen molar-refractivity contribution in [1.82, 2.24) is 4.98 Å². The van der Waals surface area contributed by atoms with Crippen molar-refractivity contribution in [2.45, 2.75) is 38.8 Å². The second-order valence-corrected chi connectivity index (χ2v) is 7.32. The highest BCUT2D eigenvalue weighted by atomic mass is 19.1.